The Morgan fingerprint density at radius 2 is 2.05 bits per heavy atom. The second kappa shape index (κ2) is 5.72. The Morgan fingerprint density at radius 1 is 1.24 bits per heavy atom. The van der Waals surface area contributed by atoms with Crippen LogP contribution < -0.4 is 10.3 Å². The third-order valence-electron chi connectivity index (χ3n) is 4.16. The molecular formula is C17H20N2O2. The largest absolute Gasteiger partial charge is 0.485 e. The van der Waals surface area contributed by atoms with E-state index in [4.69, 9.17) is 4.74 Å². The van der Waals surface area contributed by atoms with Gasteiger partial charge in [0.15, 0.2) is 0 Å². The number of fused-ring (bicyclic) bond motifs is 1. The summed E-state index contributed by atoms with van der Waals surface area (Å²) >= 11 is 0. The lowest BCUT2D eigenvalue weighted by molar-refractivity contribution is 0.292. The number of rotatable bonds is 3. The monoisotopic (exact) mass is 284 g/mol. The maximum Gasteiger partial charge on any atom is 0.254 e. The first-order valence-corrected chi connectivity index (χ1v) is 7.45. The first-order valence-electron chi connectivity index (χ1n) is 7.45. The molecule has 0 atom stereocenters. The molecule has 1 aliphatic carbocycles. The van der Waals surface area contributed by atoms with Gasteiger partial charge in [-0.3, -0.25) is 4.79 Å². The van der Waals surface area contributed by atoms with E-state index in [1.165, 1.54) is 5.56 Å². The second-order valence-electron chi connectivity index (χ2n) is 5.63. The van der Waals surface area contributed by atoms with E-state index in [1.54, 1.807) is 0 Å². The van der Waals surface area contributed by atoms with Crippen molar-refractivity contribution in [2.45, 2.75) is 46.1 Å². The number of benzene rings is 1. The van der Waals surface area contributed by atoms with Crippen LogP contribution in [0.15, 0.2) is 23.0 Å². The molecule has 1 aromatic carbocycles. The zero-order valence-electron chi connectivity index (χ0n) is 12.5. The molecule has 0 amide bonds. The average molecular weight is 284 g/mol. The number of aromatic nitrogens is 2. The van der Waals surface area contributed by atoms with E-state index in [0.717, 1.165) is 48.3 Å². The van der Waals surface area contributed by atoms with Crippen molar-refractivity contribution in [3.63, 3.8) is 0 Å². The number of nitrogens with one attached hydrogen (secondary N) is 1. The molecule has 4 heteroatoms. The Morgan fingerprint density at radius 3 is 2.90 bits per heavy atom. The fraction of sp³-hybridized carbons (Fsp3) is 0.412. The molecule has 0 spiro atoms. The Labute approximate surface area is 124 Å². The third kappa shape index (κ3) is 2.84. The minimum absolute atomic E-state index is 0.000681. The Balaban J connectivity index is 1.81. The normalized spacial score (nSPS) is 13.8. The van der Waals surface area contributed by atoms with Crippen LogP contribution in [0.3, 0.4) is 0 Å². The molecule has 0 fully saturated rings. The van der Waals surface area contributed by atoms with Crippen molar-refractivity contribution in [1.82, 2.24) is 9.97 Å². The summed E-state index contributed by atoms with van der Waals surface area (Å²) in [5.74, 6) is 1.46. The molecule has 21 heavy (non-hydrogen) atoms. The van der Waals surface area contributed by atoms with Crippen molar-refractivity contribution in [2.75, 3.05) is 0 Å². The van der Waals surface area contributed by atoms with Gasteiger partial charge < -0.3 is 9.72 Å². The summed E-state index contributed by atoms with van der Waals surface area (Å²) in [6, 6.07) is 5.97. The zero-order chi connectivity index (χ0) is 14.8. The first kappa shape index (κ1) is 13.9. The number of aryl methyl sites for hydroxylation is 2. The Hall–Kier alpha value is -2.10. The van der Waals surface area contributed by atoms with Gasteiger partial charge in [-0.2, -0.15) is 0 Å². The highest BCUT2D eigenvalue weighted by Crippen LogP contribution is 2.21. The Kier molecular flexibility index (Phi) is 3.78. The second-order valence-corrected chi connectivity index (χ2v) is 5.63. The van der Waals surface area contributed by atoms with Crippen molar-refractivity contribution in [1.29, 1.82) is 0 Å². The van der Waals surface area contributed by atoms with Crippen molar-refractivity contribution >= 4 is 0 Å². The lowest BCUT2D eigenvalue weighted by atomic mass is 9.97. The number of nitrogens with zero attached hydrogens (tertiary/aromatic N) is 1. The van der Waals surface area contributed by atoms with Crippen LogP contribution in [0.4, 0.5) is 0 Å². The van der Waals surface area contributed by atoms with E-state index in [-0.39, 0.29) is 5.56 Å². The van der Waals surface area contributed by atoms with Gasteiger partial charge in [-0.25, -0.2) is 4.98 Å². The molecule has 110 valence electrons. The molecule has 0 aliphatic heterocycles. The number of aromatic amines is 1. The van der Waals surface area contributed by atoms with Gasteiger partial charge in [0.2, 0.25) is 0 Å². The summed E-state index contributed by atoms with van der Waals surface area (Å²) < 4.78 is 5.82. The van der Waals surface area contributed by atoms with Crippen LogP contribution in [-0.4, -0.2) is 9.97 Å². The summed E-state index contributed by atoms with van der Waals surface area (Å²) in [5.41, 5.74) is 4.12. The molecule has 4 nitrogen and oxygen atoms in total. The molecule has 0 saturated heterocycles. The topological polar surface area (TPSA) is 55.0 Å². The van der Waals surface area contributed by atoms with Gasteiger partial charge in [0.1, 0.15) is 18.2 Å². The highest BCUT2D eigenvalue weighted by atomic mass is 16.5. The van der Waals surface area contributed by atoms with Crippen molar-refractivity contribution in [3.05, 3.63) is 56.8 Å². The van der Waals surface area contributed by atoms with Crippen LogP contribution in [-0.2, 0) is 19.4 Å². The predicted octanol–water partition coefficient (Wildman–Crippen LogP) is 2.84. The maximum atomic E-state index is 12.1. The molecule has 1 aliphatic rings. The minimum atomic E-state index is -0.000681. The summed E-state index contributed by atoms with van der Waals surface area (Å²) in [5, 5.41) is 0. The molecule has 2 aromatic rings. The molecular weight excluding hydrogens is 264 g/mol. The van der Waals surface area contributed by atoms with Gasteiger partial charge in [0.05, 0.1) is 5.69 Å². The van der Waals surface area contributed by atoms with Crippen LogP contribution in [0.1, 0.15) is 41.1 Å². The van der Waals surface area contributed by atoms with Gasteiger partial charge in [-0.1, -0.05) is 12.1 Å². The van der Waals surface area contributed by atoms with Crippen LogP contribution in [0.25, 0.3) is 0 Å². The van der Waals surface area contributed by atoms with Crippen molar-refractivity contribution in [2.24, 2.45) is 0 Å². The van der Waals surface area contributed by atoms with Crippen molar-refractivity contribution < 1.29 is 4.74 Å². The van der Waals surface area contributed by atoms with Gasteiger partial charge in [-0.15, -0.1) is 0 Å². The summed E-state index contributed by atoms with van der Waals surface area (Å²) in [7, 11) is 0. The van der Waals surface area contributed by atoms with E-state index >= 15 is 0 Å². The molecule has 3 rings (SSSR count). The number of ether oxygens (including phenoxy) is 1. The predicted molar refractivity (Wildman–Crippen MR) is 81.7 cm³/mol. The van der Waals surface area contributed by atoms with Crippen LogP contribution in [0.5, 0.6) is 5.75 Å². The molecule has 0 saturated carbocycles. The number of H-pyrrole nitrogens is 1. The van der Waals surface area contributed by atoms with E-state index in [9.17, 15) is 4.79 Å². The van der Waals surface area contributed by atoms with E-state index in [2.05, 4.69) is 23.0 Å². The average Bonchev–Trinajstić information content (AvgIpc) is 2.49. The van der Waals surface area contributed by atoms with E-state index in [0.29, 0.717) is 12.4 Å². The van der Waals surface area contributed by atoms with Gasteiger partial charge in [-0.05, 0) is 56.7 Å². The highest BCUT2D eigenvalue weighted by Gasteiger charge is 2.15. The summed E-state index contributed by atoms with van der Waals surface area (Å²) in [4.78, 5) is 19.5. The summed E-state index contributed by atoms with van der Waals surface area (Å²) in [6.45, 7) is 4.39. The quantitative estimate of drug-likeness (QED) is 0.943. The maximum absolute atomic E-state index is 12.1. The molecule has 0 bridgehead atoms. The van der Waals surface area contributed by atoms with E-state index < -0.39 is 0 Å². The summed E-state index contributed by atoms with van der Waals surface area (Å²) in [6.07, 6.45) is 3.93. The highest BCUT2D eigenvalue weighted by molar-refractivity contribution is 5.38. The minimum Gasteiger partial charge on any atom is -0.485 e. The standard InChI is InChI=1S/C17H20N2O2/c1-11-6-5-9-15(12(11)2)21-10-16-18-14-8-4-3-7-13(14)17(20)19-16/h5-6,9H,3-4,7-8,10H2,1-2H3,(H,18,19,20). The molecule has 1 aromatic heterocycles. The molecule has 0 unspecified atom stereocenters. The lowest BCUT2D eigenvalue weighted by Crippen LogP contribution is -2.23. The Bertz CT molecular complexity index is 719. The number of hydrogen-bond donors (Lipinski definition) is 1. The zero-order valence-corrected chi connectivity index (χ0v) is 12.5. The molecule has 1 heterocycles. The molecule has 1 N–H and O–H groups in total. The smallest absolute Gasteiger partial charge is 0.254 e. The lowest BCUT2D eigenvalue weighted by Gasteiger charge is -2.15. The van der Waals surface area contributed by atoms with Crippen molar-refractivity contribution in [3.8, 4) is 5.75 Å². The van der Waals surface area contributed by atoms with E-state index in [1.807, 2.05) is 19.1 Å². The fourth-order valence-electron chi connectivity index (χ4n) is 2.75. The fourth-order valence-corrected chi connectivity index (χ4v) is 2.75. The van der Waals surface area contributed by atoms with Gasteiger partial charge in [0, 0.05) is 5.56 Å². The first-order chi connectivity index (χ1) is 10.1. The van der Waals surface area contributed by atoms with Crippen LogP contribution in [0, 0.1) is 13.8 Å². The van der Waals surface area contributed by atoms with Gasteiger partial charge in [0.25, 0.3) is 5.56 Å². The third-order valence-corrected chi connectivity index (χ3v) is 4.16. The SMILES string of the molecule is Cc1cccc(OCc2nc3c(c(=O)[nH]2)CCCC3)c1C. The van der Waals surface area contributed by atoms with Gasteiger partial charge >= 0.3 is 0 Å². The van der Waals surface area contributed by atoms with Crippen LogP contribution >= 0.6 is 0 Å². The number of hydrogen-bond acceptors (Lipinski definition) is 3. The molecule has 0 radical (unpaired) electrons. The van der Waals surface area contributed by atoms with Crippen LogP contribution in [0.2, 0.25) is 0 Å².